The Labute approximate surface area is 144 Å². The smallest absolute Gasteiger partial charge is 0.244 e. The average molecular weight is 323 g/mol. The summed E-state index contributed by atoms with van der Waals surface area (Å²) in [4.78, 5) is 12.2. The van der Waals surface area contributed by atoms with Crippen LogP contribution in [0.15, 0.2) is 54.6 Å². The second-order valence-corrected chi connectivity index (χ2v) is 5.86. The lowest BCUT2D eigenvalue weighted by molar-refractivity contribution is -0.116. The highest BCUT2D eigenvalue weighted by atomic mass is 16.5. The van der Waals surface area contributed by atoms with Crippen LogP contribution in [0.2, 0.25) is 0 Å². The molecule has 0 saturated heterocycles. The zero-order valence-electron chi connectivity index (χ0n) is 14.6. The lowest BCUT2D eigenvalue weighted by Gasteiger charge is -2.08. The lowest BCUT2D eigenvalue weighted by atomic mass is 10.0. The Morgan fingerprint density at radius 3 is 2.50 bits per heavy atom. The predicted octanol–water partition coefficient (Wildman–Crippen LogP) is 4.25. The first-order valence-electron chi connectivity index (χ1n) is 8.24. The Hall–Kier alpha value is -2.39. The summed E-state index contributed by atoms with van der Waals surface area (Å²) in [6, 6.07) is 16.3. The summed E-state index contributed by atoms with van der Waals surface area (Å²) in [7, 11) is 1.68. The van der Waals surface area contributed by atoms with Gasteiger partial charge in [0.25, 0.3) is 0 Å². The van der Waals surface area contributed by atoms with E-state index < -0.39 is 0 Å². The molecule has 0 fully saturated rings. The van der Waals surface area contributed by atoms with Gasteiger partial charge in [0.1, 0.15) is 0 Å². The van der Waals surface area contributed by atoms with Gasteiger partial charge in [-0.25, -0.2) is 0 Å². The number of rotatable bonds is 7. The van der Waals surface area contributed by atoms with Gasteiger partial charge < -0.3 is 10.1 Å². The second kappa shape index (κ2) is 9.04. The van der Waals surface area contributed by atoms with Crippen LogP contribution in [-0.4, -0.2) is 13.0 Å². The van der Waals surface area contributed by atoms with Crippen molar-refractivity contribution in [2.75, 3.05) is 7.11 Å². The molecule has 0 bridgehead atoms. The molecule has 2 rings (SSSR count). The van der Waals surface area contributed by atoms with Crippen LogP contribution in [0.3, 0.4) is 0 Å². The molecule has 0 aliphatic rings. The van der Waals surface area contributed by atoms with Crippen LogP contribution in [-0.2, 0) is 22.7 Å². The maximum atomic E-state index is 12.2. The number of ether oxygens (including phenoxy) is 1. The number of carbonyl (C=O) groups is 1. The number of allylic oxidation sites excluding steroid dienone is 1. The van der Waals surface area contributed by atoms with Gasteiger partial charge in [-0.3, -0.25) is 4.79 Å². The SMILES string of the molecule is CC/C(=C\C(=O)NCc1cccc(COC)c1)c1ccc(C)cc1. The monoisotopic (exact) mass is 323 g/mol. The molecule has 0 aromatic heterocycles. The minimum atomic E-state index is -0.0652. The molecular formula is C21H25NO2. The van der Waals surface area contributed by atoms with E-state index in [2.05, 4.69) is 43.4 Å². The summed E-state index contributed by atoms with van der Waals surface area (Å²) in [5.74, 6) is -0.0652. The van der Waals surface area contributed by atoms with Crippen molar-refractivity contribution in [2.45, 2.75) is 33.4 Å². The van der Waals surface area contributed by atoms with Gasteiger partial charge in [-0.2, -0.15) is 0 Å². The maximum Gasteiger partial charge on any atom is 0.244 e. The van der Waals surface area contributed by atoms with Crippen LogP contribution in [0.25, 0.3) is 5.57 Å². The molecule has 0 saturated carbocycles. The number of carbonyl (C=O) groups excluding carboxylic acids is 1. The van der Waals surface area contributed by atoms with E-state index >= 15 is 0 Å². The number of aryl methyl sites for hydroxylation is 1. The lowest BCUT2D eigenvalue weighted by Crippen LogP contribution is -2.20. The fraction of sp³-hybridized carbons (Fsp3) is 0.286. The molecule has 0 unspecified atom stereocenters. The summed E-state index contributed by atoms with van der Waals surface area (Å²) in [6.45, 7) is 5.21. The van der Waals surface area contributed by atoms with Crippen LogP contribution in [0.1, 0.15) is 35.6 Å². The molecule has 2 aromatic rings. The molecule has 24 heavy (non-hydrogen) atoms. The van der Waals surface area contributed by atoms with Gasteiger partial charge in [0.15, 0.2) is 0 Å². The van der Waals surface area contributed by atoms with E-state index in [0.717, 1.165) is 28.7 Å². The average Bonchev–Trinajstić information content (AvgIpc) is 2.59. The summed E-state index contributed by atoms with van der Waals surface area (Å²) < 4.78 is 5.14. The minimum Gasteiger partial charge on any atom is -0.380 e. The summed E-state index contributed by atoms with van der Waals surface area (Å²) in [5, 5.41) is 2.96. The van der Waals surface area contributed by atoms with Crippen molar-refractivity contribution in [1.29, 1.82) is 0 Å². The van der Waals surface area contributed by atoms with Gasteiger partial charge in [-0.05, 0) is 35.6 Å². The van der Waals surface area contributed by atoms with E-state index in [1.54, 1.807) is 13.2 Å². The Bertz CT molecular complexity index is 702. The van der Waals surface area contributed by atoms with E-state index in [4.69, 9.17) is 4.74 Å². The van der Waals surface area contributed by atoms with Gasteiger partial charge in [0.05, 0.1) is 6.61 Å². The molecule has 2 aromatic carbocycles. The first kappa shape index (κ1) is 18.0. The molecule has 126 valence electrons. The highest BCUT2D eigenvalue weighted by Gasteiger charge is 2.04. The van der Waals surface area contributed by atoms with Gasteiger partial charge >= 0.3 is 0 Å². The highest BCUT2D eigenvalue weighted by Crippen LogP contribution is 2.18. The first-order chi connectivity index (χ1) is 11.6. The van der Waals surface area contributed by atoms with E-state index in [9.17, 15) is 4.79 Å². The molecule has 0 spiro atoms. The summed E-state index contributed by atoms with van der Waals surface area (Å²) in [6.07, 6.45) is 2.52. The third kappa shape index (κ3) is 5.36. The molecule has 0 heterocycles. The van der Waals surface area contributed by atoms with Gasteiger partial charge in [0, 0.05) is 19.7 Å². The number of methoxy groups -OCH3 is 1. The van der Waals surface area contributed by atoms with Crippen molar-refractivity contribution in [3.8, 4) is 0 Å². The standard InChI is InChI=1S/C21H25NO2/c1-4-19(20-10-8-16(2)9-11-20)13-21(23)22-14-17-6-5-7-18(12-17)15-24-3/h5-13H,4,14-15H2,1-3H3,(H,22,23)/b19-13+. The van der Waals surface area contributed by atoms with Crippen molar-refractivity contribution >= 4 is 11.5 Å². The Morgan fingerprint density at radius 2 is 1.83 bits per heavy atom. The maximum absolute atomic E-state index is 12.2. The van der Waals surface area contributed by atoms with E-state index in [1.807, 2.05) is 24.3 Å². The quantitative estimate of drug-likeness (QED) is 0.774. The molecular weight excluding hydrogens is 298 g/mol. The van der Waals surface area contributed by atoms with E-state index in [-0.39, 0.29) is 5.91 Å². The number of nitrogens with one attached hydrogen (secondary N) is 1. The molecule has 0 aliphatic carbocycles. The van der Waals surface area contributed by atoms with Crippen molar-refractivity contribution in [1.82, 2.24) is 5.32 Å². The van der Waals surface area contributed by atoms with Crippen LogP contribution in [0.5, 0.6) is 0 Å². The van der Waals surface area contributed by atoms with Gasteiger partial charge in [-0.1, -0.05) is 61.0 Å². The zero-order valence-corrected chi connectivity index (χ0v) is 14.6. The summed E-state index contributed by atoms with van der Waals surface area (Å²) >= 11 is 0. The molecule has 0 aliphatic heterocycles. The third-order valence-corrected chi connectivity index (χ3v) is 3.88. The number of hydrogen-bond acceptors (Lipinski definition) is 2. The van der Waals surface area contributed by atoms with Crippen LogP contribution in [0.4, 0.5) is 0 Å². The topological polar surface area (TPSA) is 38.3 Å². The number of amides is 1. The molecule has 3 heteroatoms. The van der Waals surface area contributed by atoms with Crippen LogP contribution in [0, 0.1) is 6.92 Å². The fourth-order valence-corrected chi connectivity index (χ4v) is 2.55. The largest absolute Gasteiger partial charge is 0.380 e. The molecule has 1 amide bonds. The van der Waals surface area contributed by atoms with Gasteiger partial charge in [-0.15, -0.1) is 0 Å². The number of benzene rings is 2. The fourth-order valence-electron chi connectivity index (χ4n) is 2.55. The Kier molecular flexibility index (Phi) is 6.76. The van der Waals surface area contributed by atoms with Crippen LogP contribution < -0.4 is 5.32 Å². The van der Waals surface area contributed by atoms with E-state index in [1.165, 1.54) is 5.56 Å². The Morgan fingerprint density at radius 1 is 1.12 bits per heavy atom. The minimum absolute atomic E-state index is 0.0652. The third-order valence-electron chi connectivity index (χ3n) is 3.88. The zero-order chi connectivity index (χ0) is 17.4. The van der Waals surface area contributed by atoms with Crippen molar-refractivity contribution in [3.05, 3.63) is 76.9 Å². The first-order valence-corrected chi connectivity index (χ1v) is 8.24. The normalized spacial score (nSPS) is 11.4. The Balaban J connectivity index is 2.00. The predicted molar refractivity (Wildman–Crippen MR) is 98.4 cm³/mol. The van der Waals surface area contributed by atoms with Crippen molar-refractivity contribution in [2.24, 2.45) is 0 Å². The van der Waals surface area contributed by atoms with Crippen LogP contribution >= 0.6 is 0 Å². The number of hydrogen-bond donors (Lipinski definition) is 1. The highest BCUT2D eigenvalue weighted by molar-refractivity contribution is 5.95. The second-order valence-electron chi connectivity index (χ2n) is 5.86. The molecule has 0 atom stereocenters. The van der Waals surface area contributed by atoms with Crippen molar-refractivity contribution in [3.63, 3.8) is 0 Å². The van der Waals surface area contributed by atoms with Gasteiger partial charge in [0.2, 0.25) is 5.91 Å². The molecule has 0 radical (unpaired) electrons. The molecule has 1 N–H and O–H groups in total. The summed E-state index contributed by atoms with van der Waals surface area (Å²) in [5.41, 5.74) is 5.53. The van der Waals surface area contributed by atoms with Crippen molar-refractivity contribution < 1.29 is 9.53 Å². The van der Waals surface area contributed by atoms with E-state index in [0.29, 0.717) is 13.2 Å². The molecule has 3 nitrogen and oxygen atoms in total.